The SMILES string of the molecule is CC(C)=CCC[C@H](C)C/C=C/C(=O)O. The highest BCUT2D eigenvalue weighted by atomic mass is 16.4. The van der Waals surface area contributed by atoms with E-state index in [4.69, 9.17) is 5.11 Å². The first-order valence-corrected chi connectivity index (χ1v) is 5.05. The number of carboxylic acid groups (broad SMARTS) is 1. The van der Waals surface area contributed by atoms with Crippen molar-refractivity contribution in [3.05, 3.63) is 23.8 Å². The Morgan fingerprint density at radius 1 is 1.43 bits per heavy atom. The Morgan fingerprint density at radius 3 is 2.57 bits per heavy atom. The maximum Gasteiger partial charge on any atom is 0.327 e. The lowest BCUT2D eigenvalue weighted by atomic mass is 10.0. The van der Waals surface area contributed by atoms with E-state index in [1.165, 1.54) is 11.6 Å². The summed E-state index contributed by atoms with van der Waals surface area (Å²) in [6, 6.07) is 0. The summed E-state index contributed by atoms with van der Waals surface area (Å²) >= 11 is 0. The Balaban J connectivity index is 3.61. The fraction of sp³-hybridized carbons (Fsp3) is 0.583. The second-order valence-corrected chi connectivity index (χ2v) is 3.94. The van der Waals surface area contributed by atoms with E-state index in [2.05, 4.69) is 26.8 Å². The molecule has 0 amide bonds. The van der Waals surface area contributed by atoms with Crippen LogP contribution in [-0.4, -0.2) is 11.1 Å². The summed E-state index contributed by atoms with van der Waals surface area (Å²) in [5, 5.41) is 8.38. The number of rotatable bonds is 6. The molecular weight excluding hydrogens is 176 g/mol. The van der Waals surface area contributed by atoms with Crippen LogP contribution >= 0.6 is 0 Å². The largest absolute Gasteiger partial charge is 0.478 e. The van der Waals surface area contributed by atoms with Gasteiger partial charge in [0.05, 0.1) is 0 Å². The van der Waals surface area contributed by atoms with Crippen LogP contribution in [0.25, 0.3) is 0 Å². The molecule has 1 atom stereocenters. The van der Waals surface area contributed by atoms with Crippen LogP contribution in [0.3, 0.4) is 0 Å². The average molecular weight is 196 g/mol. The van der Waals surface area contributed by atoms with Crippen molar-refractivity contribution < 1.29 is 9.90 Å². The van der Waals surface area contributed by atoms with E-state index in [1.807, 2.05) is 0 Å². The first-order valence-electron chi connectivity index (χ1n) is 5.05. The molecule has 0 spiro atoms. The van der Waals surface area contributed by atoms with Gasteiger partial charge in [0.25, 0.3) is 0 Å². The van der Waals surface area contributed by atoms with Gasteiger partial charge in [-0.1, -0.05) is 24.6 Å². The molecule has 0 radical (unpaired) electrons. The molecule has 1 N–H and O–H groups in total. The molecule has 14 heavy (non-hydrogen) atoms. The van der Waals surface area contributed by atoms with E-state index in [0.29, 0.717) is 5.92 Å². The zero-order chi connectivity index (χ0) is 11.0. The molecule has 2 heteroatoms. The predicted octanol–water partition coefficient (Wildman–Crippen LogP) is 3.40. The highest BCUT2D eigenvalue weighted by molar-refractivity contribution is 5.79. The first-order chi connectivity index (χ1) is 6.52. The minimum atomic E-state index is -0.860. The van der Waals surface area contributed by atoms with Crippen molar-refractivity contribution >= 4 is 5.97 Å². The molecule has 0 heterocycles. The summed E-state index contributed by atoms with van der Waals surface area (Å²) in [7, 11) is 0. The van der Waals surface area contributed by atoms with Gasteiger partial charge >= 0.3 is 5.97 Å². The Labute approximate surface area is 86.3 Å². The molecule has 0 saturated heterocycles. The zero-order valence-electron chi connectivity index (χ0n) is 9.29. The molecule has 0 aromatic heterocycles. The summed E-state index contributed by atoms with van der Waals surface area (Å²) in [5.41, 5.74) is 1.35. The van der Waals surface area contributed by atoms with Crippen molar-refractivity contribution in [2.24, 2.45) is 5.92 Å². The topological polar surface area (TPSA) is 37.3 Å². The summed E-state index contributed by atoms with van der Waals surface area (Å²) in [4.78, 5) is 10.2. The second kappa shape index (κ2) is 7.36. The van der Waals surface area contributed by atoms with E-state index >= 15 is 0 Å². The molecule has 0 aliphatic carbocycles. The van der Waals surface area contributed by atoms with Crippen LogP contribution in [0.4, 0.5) is 0 Å². The molecule has 0 aliphatic heterocycles. The van der Waals surface area contributed by atoms with Crippen LogP contribution in [0, 0.1) is 5.92 Å². The number of aliphatic carboxylic acids is 1. The van der Waals surface area contributed by atoms with E-state index in [9.17, 15) is 4.79 Å². The van der Waals surface area contributed by atoms with Gasteiger partial charge in [0.2, 0.25) is 0 Å². The first kappa shape index (κ1) is 12.9. The Bertz CT molecular complexity index is 222. The monoisotopic (exact) mass is 196 g/mol. The Kier molecular flexibility index (Phi) is 6.81. The maximum atomic E-state index is 10.2. The molecular formula is C12H20O2. The van der Waals surface area contributed by atoms with Crippen LogP contribution in [0.2, 0.25) is 0 Å². The number of carboxylic acids is 1. The van der Waals surface area contributed by atoms with Gasteiger partial charge in [-0.3, -0.25) is 0 Å². The summed E-state index contributed by atoms with van der Waals surface area (Å²) in [6.45, 7) is 6.33. The van der Waals surface area contributed by atoms with Gasteiger partial charge in [-0.05, 0) is 39.0 Å². The van der Waals surface area contributed by atoms with E-state index in [0.717, 1.165) is 19.3 Å². The quantitative estimate of drug-likeness (QED) is 0.522. The van der Waals surface area contributed by atoms with Crippen molar-refractivity contribution in [1.82, 2.24) is 0 Å². The van der Waals surface area contributed by atoms with Gasteiger partial charge in [-0.15, -0.1) is 0 Å². The molecule has 0 aliphatic rings. The molecule has 0 fully saturated rings. The highest BCUT2D eigenvalue weighted by Gasteiger charge is 1.98. The molecule has 0 saturated carbocycles. The Hall–Kier alpha value is -1.05. The second-order valence-electron chi connectivity index (χ2n) is 3.94. The summed E-state index contributed by atoms with van der Waals surface area (Å²) in [6.07, 6.45) is 8.23. The average Bonchev–Trinajstić information content (AvgIpc) is 2.02. The number of hydrogen-bond acceptors (Lipinski definition) is 1. The van der Waals surface area contributed by atoms with Crippen molar-refractivity contribution in [2.75, 3.05) is 0 Å². The van der Waals surface area contributed by atoms with Crippen LogP contribution in [0.1, 0.15) is 40.0 Å². The molecule has 0 aromatic carbocycles. The standard InChI is InChI=1S/C12H20O2/c1-10(2)6-4-7-11(3)8-5-9-12(13)14/h5-6,9,11H,4,7-8H2,1-3H3,(H,13,14)/b9-5+/t11-/m0/s1. The van der Waals surface area contributed by atoms with Gasteiger partial charge in [-0.25, -0.2) is 4.79 Å². The molecule has 2 nitrogen and oxygen atoms in total. The molecule has 80 valence electrons. The van der Waals surface area contributed by atoms with E-state index in [1.54, 1.807) is 6.08 Å². The van der Waals surface area contributed by atoms with Crippen molar-refractivity contribution in [3.63, 3.8) is 0 Å². The van der Waals surface area contributed by atoms with Crippen LogP contribution in [0.5, 0.6) is 0 Å². The van der Waals surface area contributed by atoms with Crippen LogP contribution in [-0.2, 0) is 4.79 Å². The lowest BCUT2D eigenvalue weighted by Gasteiger charge is -2.05. The van der Waals surface area contributed by atoms with E-state index < -0.39 is 5.97 Å². The highest BCUT2D eigenvalue weighted by Crippen LogP contribution is 2.12. The summed E-state index contributed by atoms with van der Waals surface area (Å²) in [5.74, 6) is -0.303. The number of allylic oxidation sites excluding steroid dienone is 3. The fourth-order valence-electron chi connectivity index (χ4n) is 1.18. The van der Waals surface area contributed by atoms with Gasteiger partial charge < -0.3 is 5.11 Å². The van der Waals surface area contributed by atoms with Gasteiger partial charge in [0, 0.05) is 6.08 Å². The van der Waals surface area contributed by atoms with Crippen LogP contribution in [0.15, 0.2) is 23.8 Å². The van der Waals surface area contributed by atoms with Crippen molar-refractivity contribution in [1.29, 1.82) is 0 Å². The zero-order valence-corrected chi connectivity index (χ0v) is 9.29. The minimum Gasteiger partial charge on any atom is -0.478 e. The summed E-state index contributed by atoms with van der Waals surface area (Å²) < 4.78 is 0. The normalized spacial score (nSPS) is 12.8. The lowest BCUT2D eigenvalue weighted by Crippen LogP contribution is -1.93. The third-order valence-electron chi connectivity index (χ3n) is 2.01. The van der Waals surface area contributed by atoms with Gasteiger partial charge in [-0.2, -0.15) is 0 Å². The lowest BCUT2D eigenvalue weighted by molar-refractivity contribution is -0.131. The Morgan fingerprint density at radius 2 is 2.07 bits per heavy atom. The fourth-order valence-corrected chi connectivity index (χ4v) is 1.18. The smallest absolute Gasteiger partial charge is 0.327 e. The third kappa shape index (κ3) is 9.04. The van der Waals surface area contributed by atoms with Gasteiger partial charge in [0.15, 0.2) is 0 Å². The number of carbonyl (C=O) groups is 1. The molecule has 0 rings (SSSR count). The van der Waals surface area contributed by atoms with Crippen molar-refractivity contribution in [3.8, 4) is 0 Å². The minimum absolute atomic E-state index is 0.557. The third-order valence-corrected chi connectivity index (χ3v) is 2.01. The van der Waals surface area contributed by atoms with E-state index in [-0.39, 0.29) is 0 Å². The molecule has 0 unspecified atom stereocenters. The molecule has 0 aromatic rings. The van der Waals surface area contributed by atoms with Crippen molar-refractivity contribution in [2.45, 2.75) is 40.0 Å². The predicted molar refractivity (Wildman–Crippen MR) is 59.2 cm³/mol. The van der Waals surface area contributed by atoms with Gasteiger partial charge in [0.1, 0.15) is 0 Å². The van der Waals surface area contributed by atoms with Crippen LogP contribution < -0.4 is 0 Å². The maximum absolute atomic E-state index is 10.2. The number of hydrogen-bond donors (Lipinski definition) is 1. The molecule has 0 bridgehead atoms.